The van der Waals surface area contributed by atoms with Crippen LogP contribution in [0.4, 0.5) is 10.1 Å². The van der Waals surface area contributed by atoms with Gasteiger partial charge in [0.25, 0.3) is 0 Å². The molecule has 0 spiro atoms. The fourth-order valence-electron chi connectivity index (χ4n) is 2.64. The normalized spacial score (nSPS) is 15.3. The molecule has 1 aromatic heterocycles. The van der Waals surface area contributed by atoms with E-state index in [0.29, 0.717) is 12.5 Å². The second-order valence-corrected chi connectivity index (χ2v) is 5.62. The molecular weight excluding hydrogens is 422 g/mol. The predicted octanol–water partition coefficient (Wildman–Crippen LogP) is 1.81. The van der Waals surface area contributed by atoms with Crippen molar-refractivity contribution in [1.29, 1.82) is 0 Å². The first-order valence-electron chi connectivity index (χ1n) is 7.64. The van der Waals surface area contributed by atoms with Gasteiger partial charge in [-0.1, -0.05) is 0 Å². The number of anilines is 1. The Morgan fingerprint density at radius 1 is 1.21 bits per heavy atom. The first-order valence-corrected chi connectivity index (χ1v) is 7.64. The smallest absolute Gasteiger partial charge is 0.191 e. The number of imidazole rings is 1. The lowest BCUT2D eigenvalue weighted by atomic mass is 10.2. The molecule has 24 heavy (non-hydrogen) atoms. The summed E-state index contributed by atoms with van der Waals surface area (Å²) in [4.78, 5) is 12.8. The molecule has 2 aromatic rings. The molecule has 1 aliphatic rings. The van der Waals surface area contributed by atoms with E-state index in [0.717, 1.165) is 37.6 Å². The summed E-state index contributed by atoms with van der Waals surface area (Å²) in [6, 6.07) is 6.60. The third kappa shape index (κ3) is 4.37. The maximum absolute atomic E-state index is 13.0. The number of guanidine groups is 1. The van der Waals surface area contributed by atoms with Crippen LogP contribution in [0.2, 0.25) is 0 Å². The fourth-order valence-corrected chi connectivity index (χ4v) is 2.64. The van der Waals surface area contributed by atoms with Gasteiger partial charge in [-0.25, -0.2) is 14.4 Å². The van der Waals surface area contributed by atoms with Crippen molar-refractivity contribution < 1.29 is 4.39 Å². The highest BCUT2D eigenvalue weighted by molar-refractivity contribution is 14.0. The summed E-state index contributed by atoms with van der Waals surface area (Å²) in [5.41, 5.74) is 8.16. The number of aliphatic imine (C=N–C) groups is 1. The molecule has 3 rings (SSSR count). The van der Waals surface area contributed by atoms with Gasteiger partial charge < -0.3 is 20.1 Å². The van der Waals surface area contributed by atoms with Gasteiger partial charge in [0.05, 0.1) is 24.8 Å². The van der Waals surface area contributed by atoms with E-state index in [1.54, 1.807) is 12.5 Å². The van der Waals surface area contributed by atoms with E-state index in [-0.39, 0.29) is 29.8 Å². The Morgan fingerprint density at radius 3 is 2.46 bits per heavy atom. The number of aryl methyl sites for hydroxylation is 1. The Bertz CT molecular complexity index is 676. The van der Waals surface area contributed by atoms with Crippen LogP contribution in [0.15, 0.2) is 41.8 Å². The van der Waals surface area contributed by atoms with E-state index < -0.39 is 0 Å². The second kappa shape index (κ2) is 8.32. The van der Waals surface area contributed by atoms with E-state index in [2.05, 4.69) is 19.8 Å². The summed E-state index contributed by atoms with van der Waals surface area (Å²) < 4.78 is 14.9. The van der Waals surface area contributed by atoms with Crippen LogP contribution in [0, 0.1) is 5.82 Å². The minimum atomic E-state index is -0.209. The van der Waals surface area contributed by atoms with Gasteiger partial charge in [-0.15, -0.1) is 24.0 Å². The standard InChI is InChI=1S/C16H21FN6.HI/c1-21-12-19-10-15(21)11-20-16(18)23-8-6-22(7-9-23)14-4-2-13(17)3-5-14;/h2-5,10,12H,6-9,11H2,1H3,(H2,18,20);1H. The summed E-state index contributed by atoms with van der Waals surface area (Å²) in [6.07, 6.45) is 3.55. The number of halogens is 2. The lowest BCUT2D eigenvalue weighted by Gasteiger charge is -2.36. The third-order valence-corrected chi connectivity index (χ3v) is 4.11. The highest BCUT2D eigenvalue weighted by atomic mass is 127. The van der Waals surface area contributed by atoms with Crippen molar-refractivity contribution in [2.24, 2.45) is 17.8 Å². The van der Waals surface area contributed by atoms with Crippen LogP contribution in [0.25, 0.3) is 0 Å². The first-order chi connectivity index (χ1) is 11.1. The van der Waals surface area contributed by atoms with Crippen LogP contribution in [0.1, 0.15) is 5.69 Å². The minimum absolute atomic E-state index is 0. The lowest BCUT2D eigenvalue weighted by molar-refractivity contribution is 0.380. The van der Waals surface area contributed by atoms with Gasteiger partial charge in [-0.2, -0.15) is 0 Å². The zero-order valence-electron chi connectivity index (χ0n) is 13.6. The van der Waals surface area contributed by atoms with Crippen LogP contribution in [-0.4, -0.2) is 46.6 Å². The van der Waals surface area contributed by atoms with Crippen LogP contribution >= 0.6 is 24.0 Å². The van der Waals surface area contributed by atoms with Gasteiger partial charge in [0.2, 0.25) is 0 Å². The Labute approximate surface area is 158 Å². The van der Waals surface area contributed by atoms with Crippen molar-refractivity contribution in [3.05, 3.63) is 48.3 Å². The van der Waals surface area contributed by atoms with Gasteiger partial charge in [0.15, 0.2) is 5.96 Å². The summed E-state index contributed by atoms with van der Waals surface area (Å²) in [6.45, 7) is 3.82. The Hall–Kier alpha value is -1.84. The molecule has 130 valence electrons. The zero-order chi connectivity index (χ0) is 16.2. The van der Waals surface area contributed by atoms with Crippen molar-refractivity contribution in [1.82, 2.24) is 14.5 Å². The van der Waals surface area contributed by atoms with Gasteiger partial charge in [-0.05, 0) is 24.3 Å². The molecule has 1 aromatic carbocycles. The molecular formula is C16H22FIN6. The van der Waals surface area contributed by atoms with Gasteiger partial charge >= 0.3 is 0 Å². The number of piperazine rings is 1. The van der Waals surface area contributed by atoms with Crippen molar-refractivity contribution >= 4 is 35.6 Å². The molecule has 0 amide bonds. The Morgan fingerprint density at radius 2 is 1.88 bits per heavy atom. The van der Waals surface area contributed by atoms with E-state index in [1.165, 1.54) is 12.1 Å². The number of benzene rings is 1. The van der Waals surface area contributed by atoms with Crippen molar-refractivity contribution in [2.45, 2.75) is 6.54 Å². The summed E-state index contributed by atoms with van der Waals surface area (Å²) >= 11 is 0. The summed E-state index contributed by atoms with van der Waals surface area (Å²) in [5, 5.41) is 0. The molecule has 0 aliphatic carbocycles. The highest BCUT2D eigenvalue weighted by Gasteiger charge is 2.18. The molecule has 0 saturated carbocycles. The highest BCUT2D eigenvalue weighted by Crippen LogP contribution is 2.16. The molecule has 6 nitrogen and oxygen atoms in total. The van der Waals surface area contributed by atoms with Gasteiger partial charge in [0.1, 0.15) is 5.82 Å². The monoisotopic (exact) mass is 444 g/mol. The number of hydrogen-bond donors (Lipinski definition) is 1. The molecule has 2 N–H and O–H groups in total. The molecule has 0 radical (unpaired) electrons. The molecule has 0 atom stereocenters. The van der Waals surface area contributed by atoms with Crippen molar-refractivity contribution in [3.8, 4) is 0 Å². The Kier molecular flexibility index (Phi) is 6.41. The third-order valence-electron chi connectivity index (χ3n) is 4.11. The molecule has 2 heterocycles. The van der Waals surface area contributed by atoms with E-state index in [4.69, 9.17) is 5.73 Å². The fraction of sp³-hybridized carbons (Fsp3) is 0.375. The van der Waals surface area contributed by atoms with E-state index >= 15 is 0 Å². The van der Waals surface area contributed by atoms with Crippen LogP contribution in [0.5, 0.6) is 0 Å². The SMILES string of the molecule is Cn1cncc1CN=C(N)N1CCN(c2ccc(F)cc2)CC1.I. The quantitative estimate of drug-likeness (QED) is 0.446. The lowest BCUT2D eigenvalue weighted by Crippen LogP contribution is -2.51. The number of hydrogen-bond acceptors (Lipinski definition) is 3. The van der Waals surface area contributed by atoms with Crippen LogP contribution in [-0.2, 0) is 13.6 Å². The largest absolute Gasteiger partial charge is 0.370 e. The average molecular weight is 444 g/mol. The maximum Gasteiger partial charge on any atom is 0.191 e. The topological polar surface area (TPSA) is 62.7 Å². The summed E-state index contributed by atoms with van der Waals surface area (Å²) in [7, 11) is 1.94. The molecule has 0 unspecified atom stereocenters. The summed E-state index contributed by atoms with van der Waals surface area (Å²) in [5.74, 6) is 0.351. The maximum atomic E-state index is 13.0. The number of rotatable bonds is 3. The van der Waals surface area contributed by atoms with Gasteiger partial charge in [-0.3, -0.25) is 0 Å². The predicted molar refractivity (Wildman–Crippen MR) is 104 cm³/mol. The molecule has 0 bridgehead atoms. The van der Waals surface area contributed by atoms with Crippen LogP contribution < -0.4 is 10.6 Å². The minimum Gasteiger partial charge on any atom is -0.370 e. The Balaban J connectivity index is 0.00000208. The molecule has 1 saturated heterocycles. The number of aromatic nitrogens is 2. The number of nitrogens with zero attached hydrogens (tertiary/aromatic N) is 5. The van der Waals surface area contributed by atoms with Crippen LogP contribution in [0.3, 0.4) is 0 Å². The molecule has 8 heteroatoms. The second-order valence-electron chi connectivity index (χ2n) is 5.62. The zero-order valence-corrected chi connectivity index (χ0v) is 15.9. The molecule has 1 aliphatic heterocycles. The number of nitrogens with two attached hydrogens (primary N) is 1. The van der Waals surface area contributed by atoms with Crippen molar-refractivity contribution in [2.75, 3.05) is 31.1 Å². The van der Waals surface area contributed by atoms with Crippen molar-refractivity contribution in [3.63, 3.8) is 0 Å². The van der Waals surface area contributed by atoms with E-state index in [1.807, 2.05) is 23.7 Å². The molecule has 1 fully saturated rings. The first kappa shape index (κ1) is 18.5. The van der Waals surface area contributed by atoms with E-state index in [9.17, 15) is 4.39 Å². The average Bonchev–Trinajstić information content (AvgIpc) is 2.99. The van der Waals surface area contributed by atoms with Gasteiger partial charge in [0, 0.05) is 38.9 Å².